The number of rotatable bonds is 3. The maximum atomic E-state index is 11.9. The van der Waals surface area contributed by atoms with Crippen molar-refractivity contribution in [2.24, 2.45) is 5.92 Å². The lowest BCUT2D eigenvalue weighted by molar-refractivity contribution is -0.128. The molecule has 1 aromatic carbocycles. The van der Waals surface area contributed by atoms with Gasteiger partial charge in [-0.3, -0.25) is 4.79 Å². The van der Waals surface area contributed by atoms with Crippen LogP contribution in [0.2, 0.25) is 0 Å². The third-order valence-corrected chi connectivity index (χ3v) is 4.51. The van der Waals surface area contributed by atoms with Gasteiger partial charge in [-0.1, -0.05) is 24.3 Å². The van der Waals surface area contributed by atoms with E-state index < -0.39 is 0 Å². The van der Waals surface area contributed by atoms with Gasteiger partial charge in [-0.2, -0.15) is 0 Å². The highest BCUT2D eigenvalue weighted by Crippen LogP contribution is 2.28. The first-order valence-electron chi connectivity index (χ1n) is 6.13. The van der Waals surface area contributed by atoms with Crippen LogP contribution in [0.4, 0.5) is 0 Å². The minimum absolute atomic E-state index is 0.246. The molecule has 3 rings (SSSR count). The van der Waals surface area contributed by atoms with Crippen LogP contribution in [-0.4, -0.2) is 17.4 Å². The quantitative estimate of drug-likeness (QED) is 0.771. The van der Waals surface area contributed by atoms with Crippen molar-refractivity contribution in [3.63, 3.8) is 0 Å². The number of amides is 1. The van der Waals surface area contributed by atoms with E-state index in [2.05, 4.69) is 36.2 Å². The number of carbonyl (C=O) groups excluding carboxylic acids is 1. The molecule has 1 atom stereocenters. The minimum Gasteiger partial charge on any atom is -0.338 e. The van der Waals surface area contributed by atoms with E-state index in [1.807, 2.05) is 11.0 Å². The van der Waals surface area contributed by atoms with Crippen molar-refractivity contribution in [1.82, 2.24) is 4.90 Å². The van der Waals surface area contributed by atoms with Gasteiger partial charge in [0.1, 0.15) is 0 Å². The van der Waals surface area contributed by atoms with Gasteiger partial charge in [-0.15, -0.1) is 17.9 Å². The summed E-state index contributed by atoms with van der Waals surface area (Å²) in [5, 5.41) is 3.44. The molecule has 0 bridgehead atoms. The fraction of sp³-hybridized carbons (Fsp3) is 0.267. The first kappa shape index (κ1) is 11.5. The Bertz CT molecular complexity index is 601. The molecule has 92 valence electrons. The molecule has 0 aliphatic carbocycles. The van der Waals surface area contributed by atoms with Crippen LogP contribution in [0.5, 0.6) is 0 Å². The first-order valence-corrected chi connectivity index (χ1v) is 7.01. The number of thiophene rings is 1. The van der Waals surface area contributed by atoms with Crippen LogP contribution in [0.1, 0.15) is 12.0 Å². The van der Waals surface area contributed by atoms with Gasteiger partial charge in [0, 0.05) is 30.1 Å². The Morgan fingerprint density at radius 3 is 3.06 bits per heavy atom. The van der Waals surface area contributed by atoms with Crippen LogP contribution >= 0.6 is 11.3 Å². The minimum atomic E-state index is 0.246. The predicted molar refractivity (Wildman–Crippen MR) is 75.5 cm³/mol. The van der Waals surface area contributed by atoms with Crippen LogP contribution in [0.15, 0.2) is 42.3 Å². The highest BCUT2D eigenvalue weighted by molar-refractivity contribution is 7.17. The summed E-state index contributed by atoms with van der Waals surface area (Å²) in [5.74, 6) is 0.567. The van der Waals surface area contributed by atoms with Gasteiger partial charge < -0.3 is 4.90 Å². The molecule has 1 aliphatic rings. The van der Waals surface area contributed by atoms with Crippen LogP contribution in [-0.2, 0) is 11.3 Å². The van der Waals surface area contributed by atoms with E-state index in [0.29, 0.717) is 12.3 Å². The maximum Gasteiger partial charge on any atom is 0.223 e. The third kappa shape index (κ3) is 1.95. The topological polar surface area (TPSA) is 20.3 Å². The molecule has 2 heterocycles. The lowest BCUT2D eigenvalue weighted by Gasteiger charge is -2.15. The van der Waals surface area contributed by atoms with E-state index in [1.165, 1.54) is 15.6 Å². The zero-order valence-corrected chi connectivity index (χ0v) is 11.0. The number of benzene rings is 1. The van der Waals surface area contributed by atoms with Gasteiger partial charge >= 0.3 is 0 Å². The average molecular weight is 257 g/mol. The summed E-state index contributed by atoms with van der Waals surface area (Å²) in [6.07, 6.45) is 2.51. The second kappa shape index (κ2) is 4.58. The molecule has 2 nitrogen and oxygen atoms in total. The third-order valence-electron chi connectivity index (χ3n) is 3.50. The molecular weight excluding hydrogens is 242 g/mol. The standard InChI is InChI=1S/C15H15NOS/c1-2-11-7-15(17)16(8-11)9-12-10-18-14-6-4-3-5-13(12)14/h2-6,10-11H,1,7-9H2. The Hall–Kier alpha value is -1.61. The van der Waals surface area contributed by atoms with E-state index in [-0.39, 0.29) is 5.91 Å². The number of carbonyl (C=O) groups is 1. The Labute approximate surface area is 111 Å². The normalized spacial score (nSPS) is 19.7. The number of hydrogen-bond donors (Lipinski definition) is 0. The Morgan fingerprint density at radius 2 is 2.28 bits per heavy atom. The molecule has 1 aromatic heterocycles. The van der Waals surface area contributed by atoms with Gasteiger partial charge in [0.25, 0.3) is 0 Å². The first-order chi connectivity index (χ1) is 8.78. The molecule has 2 aromatic rings. The van der Waals surface area contributed by atoms with Gasteiger partial charge in [0.15, 0.2) is 0 Å². The number of nitrogens with zero attached hydrogens (tertiary/aromatic N) is 1. The van der Waals surface area contributed by atoms with Crippen LogP contribution in [0, 0.1) is 5.92 Å². The van der Waals surface area contributed by atoms with Crippen LogP contribution in [0.25, 0.3) is 10.1 Å². The van der Waals surface area contributed by atoms with Crippen molar-refractivity contribution in [2.45, 2.75) is 13.0 Å². The molecule has 1 unspecified atom stereocenters. The van der Waals surface area contributed by atoms with E-state index in [4.69, 9.17) is 0 Å². The monoisotopic (exact) mass is 257 g/mol. The molecule has 1 amide bonds. The van der Waals surface area contributed by atoms with Gasteiger partial charge in [0.2, 0.25) is 5.91 Å². The van der Waals surface area contributed by atoms with Crippen molar-refractivity contribution in [2.75, 3.05) is 6.54 Å². The maximum absolute atomic E-state index is 11.9. The Balaban J connectivity index is 1.85. The molecule has 1 saturated heterocycles. The highest BCUT2D eigenvalue weighted by atomic mass is 32.1. The predicted octanol–water partition coefficient (Wildman–Crippen LogP) is 3.44. The highest BCUT2D eigenvalue weighted by Gasteiger charge is 2.27. The Morgan fingerprint density at radius 1 is 1.44 bits per heavy atom. The van der Waals surface area contributed by atoms with Gasteiger partial charge in [0.05, 0.1) is 0 Å². The molecule has 0 saturated carbocycles. The lowest BCUT2D eigenvalue weighted by Crippen LogP contribution is -2.24. The summed E-state index contributed by atoms with van der Waals surface area (Å²) < 4.78 is 1.29. The second-order valence-electron chi connectivity index (χ2n) is 4.73. The summed E-state index contributed by atoms with van der Waals surface area (Å²) in [6, 6.07) is 8.36. The largest absolute Gasteiger partial charge is 0.338 e. The van der Waals surface area contributed by atoms with E-state index in [0.717, 1.165) is 13.1 Å². The van der Waals surface area contributed by atoms with Crippen molar-refractivity contribution >= 4 is 27.3 Å². The van der Waals surface area contributed by atoms with E-state index >= 15 is 0 Å². The fourth-order valence-corrected chi connectivity index (χ4v) is 3.43. The molecule has 1 aliphatic heterocycles. The van der Waals surface area contributed by atoms with Crippen molar-refractivity contribution < 1.29 is 4.79 Å². The van der Waals surface area contributed by atoms with Crippen molar-refractivity contribution in [3.8, 4) is 0 Å². The van der Waals surface area contributed by atoms with Crippen molar-refractivity contribution in [1.29, 1.82) is 0 Å². The van der Waals surface area contributed by atoms with Crippen LogP contribution in [0.3, 0.4) is 0 Å². The van der Waals surface area contributed by atoms with Crippen LogP contribution < -0.4 is 0 Å². The average Bonchev–Trinajstić information content (AvgIpc) is 2.95. The fourth-order valence-electron chi connectivity index (χ4n) is 2.47. The molecular formula is C15H15NOS. The summed E-state index contributed by atoms with van der Waals surface area (Å²) in [5.41, 5.74) is 1.26. The lowest BCUT2D eigenvalue weighted by atomic mass is 10.1. The SMILES string of the molecule is C=CC1CC(=O)N(Cc2csc3ccccc23)C1. The van der Waals surface area contributed by atoms with Gasteiger partial charge in [-0.05, 0) is 22.4 Å². The zero-order valence-electron chi connectivity index (χ0n) is 10.1. The van der Waals surface area contributed by atoms with E-state index in [1.54, 1.807) is 11.3 Å². The molecule has 0 N–H and O–H groups in total. The molecule has 0 spiro atoms. The van der Waals surface area contributed by atoms with Gasteiger partial charge in [-0.25, -0.2) is 0 Å². The summed E-state index contributed by atoms with van der Waals surface area (Å²) in [6.45, 7) is 5.32. The molecule has 3 heteroatoms. The number of likely N-dealkylation sites (tertiary alicyclic amines) is 1. The summed E-state index contributed by atoms with van der Waals surface area (Å²) in [7, 11) is 0. The van der Waals surface area contributed by atoms with E-state index in [9.17, 15) is 4.79 Å². The Kier molecular flexibility index (Phi) is 2.92. The smallest absolute Gasteiger partial charge is 0.223 e. The number of fused-ring (bicyclic) bond motifs is 1. The molecule has 18 heavy (non-hydrogen) atoms. The number of hydrogen-bond acceptors (Lipinski definition) is 2. The van der Waals surface area contributed by atoms with Crippen molar-refractivity contribution in [3.05, 3.63) is 47.9 Å². The second-order valence-corrected chi connectivity index (χ2v) is 5.64. The summed E-state index contributed by atoms with van der Waals surface area (Å²) in [4.78, 5) is 13.8. The zero-order chi connectivity index (χ0) is 12.5. The molecule has 1 fully saturated rings. The molecule has 0 radical (unpaired) electrons. The summed E-state index contributed by atoms with van der Waals surface area (Å²) >= 11 is 1.75.